The summed E-state index contributed by atoms with van der Waals surface area (Å²) < 4.78 is 23.7. The third-order valence-electron chi connectivity index (χ3n) is 5.39. The Hall–Kier alpha value is -3.78. The van der Waals surface area contributed by atoms with Gasteiger partial charge in [-0.15, -0.1) is 0 Å². The second-order valence-electron chi connectivity index (χ2n) is 7.58. The lowest BCUT2D eigenvalue weighted by Gasteiger charge is -2.27. The van der Waals surface area contributed by atoms with Crippen LogP contribution in [0.5, 0.6) is 11.5 Å². The Balaban J connectivity index is 1.53. The standard InChI is InChI=1S/C26H23FN2O4S/c1-29-20-14-18(25(30)28-15-16-4-8-19(27)9-5-16)7-11-23(20)34-24(26(29)31)13-17-6-10-21(32-2)22(12-17)33-3/h4-14H,15H2,1-3H3,(H,28,30)/b24-13-. The molecule has 8 heteroatoms. The Labute approximate surface area is 201 Å². The van der Waals surface area contributed by atoms with Gasteiger partial charge in [0.1, 0.15) is 5.82 Å². The average Bonchev–Trinajstić information content (AvgIpc) is 2.86. The van der Waals surface area contributed by atoms with Gasteiger partial charge in [-0.2, -0.15) is 0 Å². The van der Waals surface area contributed by atoms with Crippen LogP contribution < -0.4 is 19.7 Å². The molecule has 1 N–H and O–H groups in total. The lowest BCUT2D eigenvalue weighted by atomic mass is 10.1. The van der Waals surface area contributed by atoms with Crippen molar-refractivity contribution in [1.82, 2.24) is 5.32 Å². The number of thioether (sulfide) groups is 1. The van der Waals surface area contributed by atoms with Crippen LogP contribution in [-0.4, -0.2) is 33.1 Å². The van der Waals surface area contributed by atoms with Crippen LogP contribution in [-0.2, 0) is 11.3 Å². The molecule has 0 aromatic heterocycles. The molecule has 1 heterocycles. The number of fused-ring (bicyclic) bond motifs is 1. The molecule has 3 aromatic rings. The summed E-state index contributed by atoms with van der Waals surface area (Å²) >= 11 is 1.35. The van der Waals surface area contributed by atoms with Crippen molar-refractivity contribution in [2.45, 2.75) is 11.4 Å². The molecular weight excluding hydrogens is 455 g/mol. The molecule has 2 amide bonds. The summed E-state index contributed by atoms with van der Waals surface area (Å²) in [6.45, 7) is 0.276. The summed E-state index contributed by atoms with van der Waals surface area (Å²) in [6, 6.07) is 16.7. The molecule has 3 aromatic carbocycles. The maximum atomic E-state index is 13.1. The van der Waals surface area contributed by atoms with E-state index in [9.17, 15) is 14.0 Å². The maximum absolute atomic E-state index is 13.1. The summed E-state index contributed by atoms with van der Waals surface area (Å²) in [5, 5.41) is 2.82. The number of anilines is 1. The molecule has 1 aliphatic heterocycles. The second-order valence-corrected chi connectivity index (χ2v) is 8.66. The van der Waals surface area contributed by atoms with Crippen molar-refractivity contribution in [3.8, 4) is 11.5 Å². The summed E-state index contributed by atoms with van der Waals surface area (Å²) in [6.07, 6.45) is 1.80. The number of carbonyl (C=O) groups is 2. The first kappa shape index (κ1) is 23.4. The SMILES string of the molecule is COc1ccc(/C=C2\Sc3ccc(C(=O)NCc4ccc(F)cc4)cc3N(C)C2=O)cc1OC. The van der Waals surface area contributed by atoms with Gasteiger partial charge in [0.15, 0.2) is 11.5 Å². The predicted molar refractivity (Wildman–Crippen MR) is 131 cm³/mol. The number of amides is 2. The summed E-state index contributed by atoms with van der Waals surface area (Å²) in [5.41, 5.74) is 2.70. The van der Waals surface area contributed by atoms with E-state index < -0.39 is 0 Å². The van der Waals surface area contributed by atoms with Crippen molar-refractivity contribution in [2.24, 2.45) is 0 Å². The zero-order chi connectivity index (χ0) is 24.2. The topological polar surface area (TPSA) is 67.9 Å². The molecule has 1 aliphatic rings. The zero-order valence-electron chi connectivity index (χ0n) is 18.9. The van der Waals surface area contributed by atoms with Crippen LogP contribution in [0.2, 0.25) is 0 Å². The van der Waals surface area contributed by atoms with E-state index in [-0.39, 0.29) is 24.2 Å². The fourth-order valence-electron chi connectivity index (χ4n) is 3.52. The van der Waals surface area contributed by atoms with Gasteiger partial charge in [0.2, 0.25) is 0 Å². The van der Waals surface area contributed by atoms with Crippen molar-refractivity contribution in [3.05, 3.63) is 88.1 Å². The van der Waals surface area contributed by atoms with E-state index in [1.165, 1.54) is 28.8 Å². The Kier molecular flexibility index (Phi) is 6.88. The molecule has 174 valence electrons. The average molecular weight is 479 g/mol. The van der Waals surface area contributed by atoms with Gasteiger partial charge in [-0.3, -0.25) is 9.59 Å². The molecule has 0 radical (unpaired) electrons. The van der Waals surface area contributed by atoms with Crippen LogP contribution in [0.4, 0.5) is 10.1 Å². The minimum atomic E-state index is -0.325. The molecule has 0 atom stereocenters. The molecule has 0 aliphatic carbocycles. The summed E-state index contributed by atoms with van der Waals surface area (Å²) in [4.78, 5) is 28.6. The van der Waals surface area contributed by atoms with Crippen molar-refractivity contribution in [1.29, 1.82) is 0 Å². The van der Waals surface area contributed by atoms with Gasteiger partial charge >= 0.3 is 0 Å². The van der Waals surface area contributed by atoms with Gasteiger partial charge in [0.25, 0.3) is 11.8 Å². The third-order valence-corrected chi connectivity index (χ3v) is 6.47. The van der Waals surface area contributed by atoms with E-state index in [0.717, 1.165) is 16.0 Å². The molecule has 0 fully saturated rings. The first-order chi connectivity index (χ1) is 16.4. The first-order valence-corrected chi connectivity index (χ1v) is 11.3. The number of benzene rings is 3. The number of hydrogen-bond acceptors (Lipinski definition) is 5. The van der Waals surface area contributed by atoms with Crippen LogP contribution in [0.15, 0.2) is 70.5 Å². The molecule has 0 saturated heterocycles. The number of nitrogens with zero attached hydrogens (tertiary/aromatic N) is 1. The van der Waals surface area contributed by atoms with E-state index in [0.29, 0.717) is 27.7 Å². The van der Waals surface area contributed by atoms with Crippen LogP contribution in [0, 0.1) is 5.82 Å². The lowest BCUT2D eigenvalue weighted by Crippen LogP contribution is -2.31. The van der Waals surface area contributed by atoms with Crippen LogP contribution in [0.1, 0.15) is 21.5 Å². The van der Waals surface area contributed by atoms with E-state index in [1.807, 2.05) is 18.2 Å². The van der Waals surface area contributed by atoms with E-state index in [2.05, 4.69) is 5.32 Å². The summed E-state index contributed by atoms with van der Waals surface area (Å²) in [5.74, 6) is 0.422. The number of likely N-dealkylation sites (N-methyl/N-ethyl adjacent to an activating group) is 1. The van der Waals surface area contributed by atoms with Gasteiger partial charge in [-0.1, -0.05) is 30.0 Å². The highest BCUT2D eigenvalue weighted by Gasteiger charge is 2.27. The normalized spacial score (nSPS) is 14.1. The number of halogens is 1. The zero-order valence-corrected chi connectivity index (χ0v) is 19.7. The number of carbonyl (C=O) groups excluding carboxylic acids is 2. The minimum Gasteiger partial charge on any atom is -0.493 e. The summed E-state index contributed by atoms with van der Waals surface area (Å²) in [7, 11) is 4.82. The van der Waals surface area contributed by atoms with Gasteiger partial charge in [-0.25, -0.2) is 4.39 Å². The Bertz CT molecular complexity index is 1270. The van der Waals surface area contributed by atoms with E-state index in [1.54, 1.807) is 57.7 Å². The number of nitrogens with one attached hydrogen (secondary N) is 1. The number of hydrogen-bond donors (Lipinski definition) is 1. The molecule has 4 rings (SSSR count). The van der Waals surface area contributed by atoms with Crippen LogP contribution in [0.25, 0.3) is 6.08 Å². The quantitative estimate of drug-likeness (QED) is 0.512. The predicted octanol–water partition coefficient (Wildman–Crippen LogP) is 4.88. The molecule has 0 bridgehead atoms. The van der Waals surface area contributed by atoms with Gasteiger partial charge in [0, 0.05) is 24.1 Å². The van der Waals surface area contributed by atoms with Gasteiger partial charge in [0.05, 0.1) is 24.8 Å². The van der Waals surface area contributed by atoms with E-state index >= 15 is 0 Å². The largest absolute Gasteiger partial charge is 0.493 e. The minimum absolute atomic E-state index is 0.170. The van der Waals surface area contributed by atoms with Crippen LogP contribution >= 0.6 is 11.8 Å². The monoisotopic (exact) mass is 478 g/mol. The fraction of sp³-hybridized carbons (Fsp3) is 0.154. The third kappa shape index (κ3) is 4.92. The smallest absolute Gasteiger partial charge is 0.264 e. The lowest BCUT2D eigenvalue weighted by molar-refractivity contribution is -0.114. The van der Waals surface area contributed by atoms with Gasteiger partial charge in [-0.05, 0) is 59.7 Å². The van der Waals surface area contributed by atoms with Crippen molar-refractivity contribution in [3.63, 3.8) is 0 Å². The Morgan fingerprint density at radius 2 is 1.76 bits per heavy atom. The van der Waals surface area contributed by atoms with E-state index in [4.69, 9.17) is 9.47 Å². The molecule has 0 saturated carbocycles. The molecule has 0 spiro atoms. The highest BCUT2D eigenvalue weighted by Crippen LogP contribution is 2.42. The number of rotatable bonds is 6. The fourth-order valence-corrected chi connectivity index (χ4v) is 4.61. The van der Waals surface area contributed by atoms with Crippen molar-refractivity contribution >= 4 is 35.3 Å². The Morgan fingerprint density at radius 3 is 2.47 bits per heavy atom. The van der Waals surface area contributed by atoms with Crippen molar-refractivity contribution in [2.75, 3.05) is 26.2 Å². The molecule has 34 heavy (non-hydrogen) atoms. The van der Waals surface area contributed by atoms with Crippen LogP contribution in [0.3, 0.4) is 0 Å². The first-order valence-electron chi connectivity index (χ1n) is 10.5. The molecule has 0 unspecified atom stereocenters. The Morgan fingerprint density at radius 1 is 1.03 bits per heavy atom. The highest BCUT2D eigenvalue weighted by molar-refractivity contribution is 8.04. The highest BCUT2D eigenvalue weighted by atomic mass is 32.2. The second kappa shape index (κ2) is 10.0. The molecule has 6 nitrogen and oxygen atoms in total. The van der Waals surface area contributed by atoms with Gasteiger partial charge < -0.3 is 19.7 Å². The molecular formula is C26H23FN2O4S. The van der Waals surface area contributed by atoms with Crippen molar-refractivity contribution < 1.29 is 23.5 Å². The number of ether oxygens (including phenoxy) is 2. The number of methoxy groups -OCH3 is 2. The maximum Gasteiger partial charge on any atom is 0.264 e.